The summed E-state index contributed by atoms with van der Waals surface area (Å²) in [4.78, 5) is 18.9. The lowest BCUT2D eigenvalue weighted by Crippen LogP contribution is -2.47. The van der Waals surface area contributed by atoms with Crippen molar-refractivity contribution in [3.05, 3.63) is 64.7 Å². The number of fused-ring (bicyclic) bond motifs is 1. The van der Waals surface area contributed by atoms with Gasteiger partial charge in [0.15, 0.2) is 0 Å². The molecule has 0 radical (unpaired) electrons. The zero-order valence-electron chi connectivity index (χ0n) is 19.4. The minimum absolute atomic E-state index is 0.0302. The number of halogens is 3. The zero-order valence-corrected chi connectivity index (χ0v) is 19.4. The van der Waals surface area contributed by atoms with Gasteiger partial charge in [-0.25, -0.2) is 0 Å². The van der Waals surface area contributed by atoms with Crippen LogP contribution in [-0.2, 0) is 30.9 Å². The lowest BCUT2D eigenvalue weighted by Gasteiger charge is -2.34. The number of alkyl halides is 3. The van der Waals surface area contributed by atoms with E-state index >= 15 is 0 Å². The average molecular weight is 487 g/mol. The van der Waals surface area contributed by atoms with Crippen molar-refractivity contribution in [2.24, 2.45) is 7.05 Å². The van der Waals surface area contributed by atoms with Gasteiger partial charge in [0.2, 0.25) is 5.88 Å². The number of hydrogen-bond donors (Lipinski definition) is 0. The number of pyridine rings is 1. The first kappa shape index (κ1) is 23.3. The second-order valence-corrected chi connectivity index (χ2v) is 8.98. The van der Waals surface area contributed by atoms with E-state index in [0.717, 1.165) is 17.5 Å². The first-order valence-electron chi connectivity index (χ1n) is 11.3. The molecule has 3 atom stereocenters. The Labute approximate surface area is 199 Å². The van der Waals surface area contributed by atoms with Gasteiger partial charge in [0.25, 0.3) is 5.91 Å². The smallest absolute Gasteiger partial charge is 0.416 e. The lowest BCUT2D eigenvalue weighted by molar-refractivity contribution is -0.140. The first-order chi connectivity index (χ1) is 16.6. The third kappa shape index (κ3) is 4.36. The number of benzene rings is 1. The third-order valence-electron chi connectivity index (χ3n) is 6.54. The SMILES string of the molecule is CC(Cc1nncn1C)c1cc(OC2COC2C)nc(N2Cc3c(cccc3C(F)(F)F)C2=O)c1. The second kappa shape index (κ2) is 8.63. The van der Waals surface area contributed by atoms with Crippen molar-refractivity contribution in [2.45, 2.75) is 51.1 Å². The van der Waals surface area contributed by atoms with Crippen molar-refractivity contribution in [1.82, 2.24) is 19.7 Å². The maximum Gasteiger partial charge on any atom is 0.416 e. The molecule has 1 fully saturated rings. The molecule has 8 nitrogen and oxygen atoms in total. The van der Waals surface area contributed by atoms with Crippen LogP contribution in [0.5, 0.6) is 5.88 Å². The van der Waals surface area contributed by atoms with Gasteiger partial charge < -0.3 is 14.0 Å². The number of amides is 1. The maximum atomic E-state index is 13.6. The van der Waals surface area contributed by atoms with Crippen LogP contribution in [0.15, 0.2) is 36.7 Å². The molecule has 0 saturated carbocycles. The highest BCUT2D eigenvalue weighted by atomic mass is 19.4. The lowest BCUT2D eigenvalue weighted by atomic mass is 9.98. The van der Waals surface area contributed by atoms with E-state index in [-0.39, 0.29) is 41.6 Å². The predicted molar refractivity (Wildman–Crippen MR) is 119 cm³/mol. The van der Waals surface area contributed by atoms with E-state index in [2.05, 4.69) is 15.2 Å². The van der Waals surface area contributed by atoms with Crippen molar-refractivity contribution in [2.75, 3.05) is 11.5 Å². The number of nitrogens with zero attached hydrogens (tertiary/aromatic N) is 5. The zero-order chi connectivity index (χ0) is 24.9. The number of aryl methyl sites for hydroxylation is 1. The quantitative estimate of drug-likeness (QED) is 0.525. The van der Waals surface area contributed by atoms with Crippen LogP contribution >= 0.6 is 0 Å². The van der Waals surface area contributed by atoms with E-state index in [1.54, 1.807) is 18.5 Å². The molecule has 2 aromatic heterocycles. The van der Waals surface area contributed by atoms with Crippen molar-refractivity contribution >= 4 is 11.7 Å². The molecule has 0 spiro atoms. The van der Waals surface area contributed by atoms with E-state index in [9.17, 15) is 18.0 Å². The maximum absolute atomic E-state index is 13.6. The Bertz CT molecular complexity index is 1280. The largest absolute Gasteiger partial charge is 0.469 e. The molecule has 1 aromatic carbocycles. The van der Waals surface area contributed by atoms with Gasteiger partial charge in [0.1, 0.15) is 24.1 Å². The highest BCUT2D eigenvalue weighted by Crippen LogP contribution is 2.39. The summed E-state index contributed by atoms with van der Waals surface area (Å²) in [7, 11) is 1.85. The number of carbonyl (C=O) groups is 1. The molecule has 0 bridgehead atoms. The summed E-state index contributed by atoms with van der Waals surface area (Å²) in [6.45, 7) is 4.07. The minimum atomic E-state index is -4.56. The molecule has 0 N–H and O–H groups in total. The van der Waals surface area contributed by atoms with E-state index in [4.69, 9.17) is 9.47 Å². The monoisotopic (exact) mass is 487 g/mol. The fourth-order valence-corrected chi connectivity index (χ4v) is 4.31. The van der Waals surface area contributed by atoms with Gasteiger partial charge in [0, 0.05) is 25.1 Å². The fraction of sp³-hybridized carbons (Fsp3) is 0.417. The molecule has 3 aromatic rings. The number of hydrogen-bond acceptors (Lipinski definition) is 6. The van der Waals surface area contributed by atoms with Gasteiger partial charge in [-0.2, -0.15) is 18.2 Å². The molecular formula is C24H24F3N5O3. The Hall–Kier alpha value is -3.47. The summed E-state index contributed by atoms with van der Waals surface area (Å²) in [6, 6.07) is 7.19. The van der Waals surface area contributed by atoms with Crippen LogP contribution < -0.4 is 9.64 Å². The summed E-state index contributed by atoms with van der Waals surface area (Å²) < 4.78 is 54.0. The van der Waals surface area contributed by atoms with Gasteiger partial charge >= 0.3 is 6.18 Å². The van der Waals surface area contributed by atoms with E-state index in [0.29, 0.717) is 18.9 Å². The molecule has 1 amide bonds. The summed E-state index contributed by atoms with van der Waals surface area (Å²) in [6.07, 6.45) is -2.68. The van der Waals surface area contributed by atoms with Gasteiger partial charge in [0.05, 0.1) is 24.8 Å². The first-order valence-corrected chi connectivity index (χ1v) is 11.3. The molecule has 4 heterocycles. The molecular weight excluding hydrogens is 463 g/mol. The summed E-state index contributed by atoms with van der Waals surface area (Å²) in [5.74, 6) is 0.733. The summed E-state index contributed by atoms with van der Waals surface area (Å²) in [5, 5.41) is 8.05. The van der Waals surface area contributed by atoms with Gasteiger partial charge in [-0.05, 0) is 42.2 Å². The Morgan fingerprint density at radius 3 is 2.71 bits per heavy atom. The number of ether oxygens (including phenoxy) is 2. The topological polar surface area (TPSA) is 82.4 Å². The summed E-state index contributed by atoms with van der Waals surface area (Å²) >= 11 is 0. The van der Waals surface area contributed by atoms with Gasteiger partial charge in [-0.15, -0.1) is 10.2 Å². The number of anilines is 1. The Morgan fingerprint density at radius 1 is 1.29 bits per heavy atom. The second-order valence-electron chi connectivity index (χ2n) is 8.98. The Morgan fingerprint density at radius 2 is 2.09 bits per heavy atom. The Kier molecular flexibility index (Phi) is 5.74. The van der Waals surface area contributed by atoms with E-state index < -0.39 is 17.6 Å². The predicted octanol–water partition coefficient (Wildman–Crippen LogP) is 3.90. The molecule has 0 aliphatic carbocycles. The van der Waals surface area contributed by atoms with Crippen LogP contribution in [0.1, 0.15) is 52.6 Å². The number of rotatable bonds is 6. The molecule has 184 valence electrons. The van der Waals surface area contributed by atoms with Gasteiger partial charge in [-0.1, -0.05) is 13.0 Å². The molecule has 5 rings (SSSR count). The van der Waals surface area contributed by atoms with Crippen LogP contribution in [0, 0.1) is 0 Å². The molecule has 35 heavy (non-hydrogen) atoms. The van der Waals surface area contributed by atoms with Crippen LogP contribution in [0.3, 0.4) is 0 Å². The number of aromatic nitrogens is 4. The van der Waals surface area contributed by atoms with Crippen molar-refractivity contribution in [1.29, 1.82) is 0 Å². The fourth-order valence-electron chi connectivity index (χ4n) is 4.31. The molecule has 2 aliphatic rings. The van der Waals surface area contributed by atoms with Crippen LogP contribution in [0.25, 0.3) is 0 Å². The highest BCUT2D eigenvalue weighted by Gasteiger charge is 2.40. The van der Waals surface area contributed by atoms with E-state index in [1.807, 2.05) is 25.5 Å². The minimum Gasteiger partial charge on any atom is -0.469 e. The molecule has 3 unspecified atom stereocenters. The van der Waals surface area contributed by atoms with Crippen molar-refractivity contribution < 1.29 is 27.4 Å². The molecule has 1 saturated heterocycles. The van der Waals surface area contributed by atoms with Crippen molar-refractivity contribution in [3.8, 4) is 5.88 Å². The average Bonchev–Trinajstić information content (AvgIpc) is 3.38. The van der Waals surface area contributed by atoms with Crippen LogP contribution in [-0.4, -0.2) is 44.5 Å². The third-order valence-corrected chi connectivity index (χ3v) is 6.54. The number of carbonyl (C=O) groups excluding carboxylic acids is 1. The van der Waals surface area contributed by atoms with Gasteiger partial charge in [-0.3, -0.25) is 9.69 Å². The van der Waals surface area contributed by atoms with Crippen molar-refractivity contribution in [3.63, 3.8) is 0 Å². The summed E-state index contributed by atoms with van der Waals surface area (Å²) in [5.41, 5.74) is -0.00858. The normalized spacial score (nSPS) is 20.5. The standard InChI is InChI=1S/C24H24F3N5O3/c1-13(7-21-30-28-12-31(21)3)15-8-20(29-22(9-15)35-19-11-34-14(19)2)32-10-17-16(23(32)33)5-4-6-18(17)24(25,26)27/h4-6,8-9,12-14,19H,7,10-11H2,1-3H3. The molecule has 2 aliphatic heterocycles. The molecule has 11 heteroatoms. The van der Waals surface area contributed by atoms with Crippen LogP contribution in [0.2, 0.25) is 0 Å². The van der Waals surface area contributed by atoms with Crippen LogP contribution in [0.4, 0.5) is 19.0 Å². The van der Waals surface area contributed by atoms with E-state index in [1.165, 1.54) is 17.0 Å². The Balaban J connectivity index is 1.50. The highest BCUT2D eigenvalue weighted by molar-refractivity contribution is 6.09.